The molecular weight excluding hydrogens is 326 g/mol. The Bertz CT molecular complexity index is 685. The van der Waals surface area contributed by atoms with Gasteiger partial charge in [-0.05, 0) is 56.5 Å². The van der Waals surface area contributed by atoms with Crippen LogP contribution < -0.4 is 10.6 Å². The number of pyridine rings is 1. The Hall–Kier alpha value is -1.79. The van der Waals surface area contributed by atoms with E-state index >= 15 is 0 Å². The van der Waals surface area contributed by atoms with E-state index in [4.69, 9.17) is 4.99 Å². The zero-order valence-corrected chi connectivity index (χ0v) is 15.6. The number of hydrogen-bond acceptors (Lipinski definition) is 5. The summed E-state index contributed by atoms with van der Waals surface area (Å²) in [4.78, 5) is 24.0. The second-order valence-electron chi connectivity index (χ2n) is 7.63. The number of aliphatic imine (C=N–C) groups is 1. The Morgan fingerprint density at radius 3 is 3.04 bits per heavy atom. The Labute approximate surface area is 155 Å². The number of carbonyl (C=O) groups excluding carboxylic acids is 1. The quantitative estimate of drug-likeness (QED) is 0.738. The Balaban J connectivity index is 1.24. The largest absolute Gasteiger partial charge is 0.353 e. The van der Waals surface area contributed by atoms with Crippen molar-refractivity contribution in [1.29, 1.82) is 0 Å². The number of carbonyl (C=O) groups is 1. The minimum absolute atomic E-state index is 0.0753. The van der Waals surface area contributed by atoms with Crippen molar-refractivity contribution in [2.45, 2.75) is 50.6 Å². The van der Waals surface area contributed by atoms with Gasteiger partial charge in [-0.25, -0.2) is 0 Å². The van der Waals surface area contributed by atoms with Gasteiger partial charge in [-0.1, -0.05) is 6.92 Å². The van der Waals surface area contributed by atoms with Gasteiger partial charge in [0, 0.05) is 25.3 Å². The predicted molar refractivity (Wildman–Crippen MR) is 103 cm³/mol. The Morgan fingerprint density at radius 1 is 1.35 bits per heavy atom. The van der Waals surface area contributed by atoms with E-state index in [-0.39, 0.29) is 11.8 Å². The van der Waals surface area contributed by atoms with E-state index in [0.717, 1.165) is 31.0 Å². The molecular formula is C20H29N5O. The molecule has 1 aromatic heterocycles. The zero-order valence-electron chi connectivity index (χ0n) is 15.6. The summed E-state index contributed by atoms with van der Waals surface area (Å²) in [7, 11) is 0. The van der Waals surface area contributed by atoms with Crippen molar-refractivity contribution in [3.8, 4) is 0 Å². The van der Waals surface area contributed by atoms with Crippen molar-refractivity contribution in [2.75, 3.05) is 32.7 Å². The monoisotopic (exact) mass is 355 g/mol. The number of aromatic nitrogens is 1. The molecule has 2 heterocycles. The number of hydrogen-bond donors (Lipinski definition) is 2. The van der Waals surface area contributed by atoms with Crippen LogP contribution in [-0.4, -0.2) is 66.3 Å². The van der Waals surface area contributed by atoms with Crippen LogP contribution in [-0.2, 0) is 4.79 Å². The van der Waals surface area contributed by atoms with Crippen LogP contribution in [0.1, 0.15) is 49.8 Å². The summed E-state index contributed by atoms with van der Waals surface area (Å²) in [5.74, 6) is 0.255. The maximum absolute atomic E-state index is 12.2. The van der Waals surface area contributed by atoms with Crippen molar-refractivity contribution in [2.24, 2.45) is 4.99 Å². The number of nitrogens with one attached hydrogen (secondary N) is 2. The average molecular weight is 355 g/mol. The molecule has 2 unspecified atom stereocenters. The first kappa shape index (κ1) is 17.6. The molecule has 0 spiro atoms. The van der Waals surface area contributed by atoms with Gasteiger partial charge >= 0.3 is 0 Å². The van der Waals surface area contributed by atoms with E-state index in [2.05, 4.69) is 33.5 Å². The maximum Gasteiger partial charge on any atom is 0.234 e. The van der Waals surface area contributed by atoms with Crippen LogP contribution in [0.25, 0.3) is 0 Å². The summed E-state index contributed by atoms with van der Waals surface area (Å²) in [6.45, 7) is 6.23. The lowest BCUT2D eigenvalue weighted by atomic mass is 10.0. The first-order chi connectivity index (χ1) is 12.7. The molecule has 2 atom stereocenters. The fourth-order valence-electron chi connectivity index (χ4n) is 4.07. The highest BCUT2D eigenvalue weighted by molar-refractivity contribution is 6.08. The maximum atomic E-state index is 12.2. The van der Waals surface area contributed by atoms with Gasteiger partial charge in [0.15, 0.2) is 0 Å². The smallest absolute Gasteiger partial charge is 0.234 e. The lowest BCUT2D eigenvalue weighted by molar-refractivity contribution is -0.120. The van der Waals surface area contributed by atoms with E-state index in [1.807, 2.05) is 12.3 Å². The van der Waals surface area contributed by atoms with Crippen LogP contribution in [0.2, 0.25) is 0 Å². The number of rotatable bonds is 8. The van der Waals surface area contributed by atoms with Crippen LogP contribution in [0.3, 0.4) is 0 Å². The number of likely N-dealkylation sites (tertiary alicyclic amines) is 1. The predicted octanol–water partition coefficient (Wildman–Crippen LogP) is 1.32. The van der Waals surface area contributed by atoms with Crippen molar-refractivity contribution >= 4 is 11.6 Å². The SMILES string of the molecule is CCN1CCCC1CNC(=O)CNCC1C(=NC2CC2)c2ccnc1c2. The molecule has 140 valence electrons. The fraction of sp³-hybridized carbons (Fsp3) is 0.650. The Kier molecular flexibility index (Phi) is 5.31. The molecule has 1 aromatic rings. The topological polar surface area (TPSA) is 69.6 Å². The first-order valence-corrected chi connectivity index (χ1v) is 10.00. The van der Waals surface area contributed by atoms with Crippen molar-refractivity contribution < 1.29 is 4.79 Å². The third-order valence-electron chi connectivity index (χ3n) is 5.71. The minimum Gasteiger partial charge on any atom is -0.353 e. The molecule has 3 aliphatic rings. The first-order valence-electron chi connectivity index (χ1n) is 10.00. The van der Waals surface area contributed by atoms with Crippen LogP contribution in [0, 0.1) is 0 Å². The van der Waals surface area contributed by atoms with E-state index in [9.17, 15) is 4.79 Å². The van der Waals surface area contributed by atoms with Gasteiger partial charge < -0.3 is 10.6 Å². The molecule has 2 bridgehead atoms. The van der Waals surface area contributed by atoms with Gasteiger partial charge in [0.2, 0.25) is 5.91 Å². The van der Waals surface area contributed by atoms with Gasteiger partial charge in [-0.15, -0.1) is 0 Å². The second kappa shape index (κ2) is 7.84. The molecule has 1 aliphatic heterocycles. The molecule has 0 radical (unpaired) electrons. The number of fused-ring (bicyclic) bond motifs is 2. The lowest BCUT2D eigenvalue weighted by Crippen LogP contribution is -2.43. The van der Waals surface area contributed by atoms with Crippen LogP contribution in [0.5, 0.6) is 0 Å². The lowest BCUT2D eigenvalue weighted by Gasteiger charge is -2.23. The van der Waals surface area contributed by atoms with Crippen molar-refractivity contribution in [1.82, 2.24) is 20.5 Å². The second-order valence-corrected chi connectivity index (χ2v) is 7.63. The molecule has 2 aliphatic carbocycles. The highest BCUT2D eigenvalue weighted by Crippen LogP contribution is 2.32. The summed E-state index contributed by atoms with van der Waals surface area (Å²) < 4.78 is 0. The third-order valence-corrected chi connectivity index (χ3v) is 5.71. The van der Waals surface area contributed by atoms with Crippen LogP contribution >= 0.6 is 0 Å². The van der Waals surface area contributed by atoms with Gasteiger partial charge in [0.25, 0.3) is 0 Å². The molecule has 6 heteroatoms. The highest BCUT2D eigenvalue weighted by atomic mass is 16.1. The number of nitrogens with zero attached hydrogens (tertiary/aromatic N) is 3. The summed E-state index contributed by atoms with van der Waals surface area (Å²) in [6, 6.07) is 5.17. The minimum atomic E-state index is 0.0753. The van der Waals surface area contributed by atoms with Crippen LogP contribution in [0.15, 0.2) is 23.3 Å². The number of amides is 1. The summed E-state index contributed by atoms with van der Waals surface area (Å²) in [5.41, 5.74) is 3.41. The van der Waals surface area contributed by atoms with Crippen LogP contribution in [0.4, 0.5) is 0 Å². The van der Waals surface area contributed by atoms with E-state index in [0.29, 0.717) is 25.2 Å². The normalized spacial score (nSPS) is 26.6. The number of likely N-dealkylation sites (N-methyl/N-ethyl adjacent to an activating group) is 1. The molecule has 1 amide bonds. The molecule has 1 saturated heterocycles. The summed E-state index contributed by atoms with van der Waals surface area (Å²) in [5, 5.41) is 6.40. The Morgan fingerprint density at radius 2 is 2.23 bits per heavy atom. The van der Waals surface area contributed by atoms with Crippen molar-refractivity contribution in [3.05, 3.63) is 29.6 Å². The van der Waals surface area contributed by atoms with Gasteiger partial charge in [-0.2, -0.15) is 0 Å². The molecule has 1 saturated carbocycles. The van der Waals surface area contributed by atoms with Gasteiger partial charge in [0.1, 0.15) is 0 Å². The van der Waals surface area contributed by atoms with Gasteiger partial charge in [0.05, 0.1) is 29.9 Å². The van der Waals surface area contributed by atoms with Crippen molar-refractivity contribution in [3.63, 3.8) is 0 Å². The third kappa shape index (κ3) is 3.96. The molecule has 2 N–H and O–H groups in total. The molecule has 2 fully saturated rings. The highest BCUT2D eigenvalue weighted by Gasteiger charge is 2.31. The summed E-state index contributed by atoms with van der Waals surface area (Å²) in [6.07, 6.45) is 6.69. The fourth-order valence-corrected chi connectivity index (χ4v) is 4.07. The van der Waals surface area contributed by atoms with Gasteiger partial charge in [-0.3, -0.25) is 19.7 Å². The van der Waals surface area contributed by atoms with E-state index in [1.165, 1.54) is 31.2 Å². The average Bonchev–Trinajstić information content (AvgIpc) is 3.31. The molecule has 6 nitrogen and oxygen atoms in total. The molecule has 4 rings (SSSR count). The van der Waals surface area contributed by atoms with E-state index < -0.39 is 0 Å². The zero-order chi connectivity index (χ0) is 17.9. The summed E-state index contributed by atoms with van der Waals surface area (Å²) >= 11 is 0. The van der Waals surface area contributed by atoms with E-state index in [1.54, 1.807) is 0 Å². The molecule has 0 aromatic carbocycles. The standard InChI is InChI=1S/C20H29N5O/c1-2-25-9-3-4-16(25)11-23-19(26)13-21-12-17-18-10-14(7-8-22-18)20(17)24-15-5-6-15/h7-8,10,15-17,21H,2-6,9,11-13H2,1H3,(H,23,26). The molecule has 26 heavy (non-hydrogen) atoms.